The molecule has 0 unspecified atom stereocenters. The van der Waals surface area contributed by atoms with Gasteiger partial charge >= 0.3 is 0 Å². The largest absolute Gasteiger partial charge is 0.447 e. The fraction of sp³-hybridized carbons (Fsp3) is 0.857. The van der Waals surface area contributed by atoms with Crippen molar-refractivity contribution in [1.29, 1.82) is 0 Å². The second-order valence-electron chi connectivity index (χ2n) is 3.94. The van der Waals surface area contributed by atoms with Gasteiger partial charge in [0, 0.05) is 6.42 Å². The standard InChI is InChI=1S/C14H26O/c1-3-5-6-7-8-9-10-11-12-13-14-15-4-2/h3-12H2,1-2H3. The van der Waals surface area contributed by atoms with Crippen LogP contribution in [-0.2, 0) is 4.74 Å². The Kier molecular flexibility index (Phi) is 12.8. The lowest BCUT2D eigenvalue weighted by atomic mass is 10.1. The molecule has 0 heterocycles. The summed E-state index contributed by atoms with van der Waals surface area (Å²) in [6.45, 7) is 4.92. The van der Waals surface area contributed by atoms with Gasteiger partial charge in [0.2, 0.25) is 0 Å². The summed E-state index contributed by atoms with van der Waals surface area (Å²) < 4.78 is 4.94. The summed E-state index contributed by atoms with van der Waals surface area (Å²) in [5.41, 5.74) is 0. The van der Waals surface area contributed by atoms with Crippen LogP contribution in [0.15, 0.2) is 0 Å². The molecule has 0 aliphatic carbocycles. The van der Waals surface area contributed by atoms with Crippen molar-refractivity contribution in [3.05, 3.63) is 0 Å². The van der Waals surface area contributed by atoms with Crippen molar-refractivity contribution in [3.63, 3.8) is 0 Å². The van der Waals surface area contributed by atoms with Crippen molar-refractivity contribution < 1.29 is 4.74 Å². The van der Waals surface area contributed by atoms with Gasteiger partial charge in [-0.05, 0) is 13.3 Å². The highest BCUT2D eigenvalue weighted by atomic mass is 16.5. The van der Waals surface area contributed by atoms with E-state index in [0.717, 1.165) is 6.42 Å². The van der Waals surface area contributed by atoms with E-state index in [4.69, 9.17) is 4.74 Å². The second kappa shape index (κ2) is 13.4. The number of hydrogen-bond acceptors (Lipinski definition) is 1. The van der Waals surface area contributed by atoms with Crippen LogP contribution < -0.4 is 0 Å². The van der Waals surface area contributed by atoms with Gasteiger partial charge in [-0.3, -0.25) is 0 Å². The Morgan fingerprint density at radius 2 is 1.40 bits per heavy atom. The van der Waals surface area contributed by atoms with Crippen LogP contribution in [0.2, 0.25) is 0 Å². The summed E-state index contributed by atoms with van der Waals surface area (Å²) in [6, 6.07) is 0. The zero-order valence-corrected chi connectivity index (χ0v) is 10.5. The van der Waals surface area contributed by atoms with Gasteiger partial charge in [0.15, 0.2) is 0 Å². The Balaban J connectivity index is 2.96. The minimum atomic E-state index is 0.699. The molecular weight excluding hydrogens is 184 g/mol. The number of ether oxygens (including phenoxy) is 1. The molecule has 0 bridgehead atoms. The first-order valence-corrected chi connectivity index (χ1v) is 6.51. The van der Waals surface area contributed by atoms with Gasteiger partial charge in [0.05, 0.1) is 6.61 Å². The maximum absolute atomic E-state index is 4.94. The SMILES string of the molecule is CCCCCCCCCCC#COCC. The van der Waals surface area contributed by atoms with Crippen molar-refractivity contribution in [2.24, 2.45) is 0 Å². The van der Waals surface area contributed by atoms with Crippen molar-refractivity contribution in [3.8, 4) is 12.0 Å². The monoisotopic (exact) mass is 210 g/mol. The molecule has 1 heteroatoms. The van der Waals surface area contributed by atoms with E-state index in [-0.39, 0.29) is 0 Å². The molecule has 0 fully saturated rings. The molecule has 0 radical (unpaired) electrons. The van der Waals surface area contributed by atoms with Gasteiger partial charge in [-0.25, -0.2) is 0 Å². The number of unbranched alkanes of at least 4 members (excludes halogenated alkanes) is 8. The molecule has 0 rings (SSSR count). The van der Waals surface area contributed by atoms with Gasteiger partial charge < -0.3 is 4.74 Å². The first kappa shape index (κ1) is 14.4. The predicted molar refractivity (Wildman–Crippen MR) is 66.6 cm³/mol. The molecule has 0 aromatic heterocycles. The van der Waals surface area contributed by atoms with Crippen LogP contribution in [0, 0.1) is 12.0 Å². The van der Waals surface area contributed by atoms with Crippen LogP contribution >= 0.6 is 0 Å². The van der Waals surface area contributed by atoms with Gasteiger partial charge in [-0.1, -0.05) is 57.8 Å². The molecule has 0 aromatic carbocycles. The van der Waals surface area contributed by atoms with E-state index in [9.17, 15) is 0 Å². The smallest absolute Gasteiger partial charge is 0.110 e. The Hall–Kier alpha value is -0.640. The quantitative estimate of drug-likeness (QED) is 0.402. The van der Waals surface area contributed by atoms with Crippen LogP contribution in [0.1, 0.15) is 71.6 Å². The molecule has 0 atom stereocenters. The third kappa shape index (κ3) is 13.4. The maximum atomic E-state index is 4.94. The third-order valence-corrected chi connectivity index (χ3v) is 2.44. The highest BCUT2D eigenvalue weighted by molar-refractivity contribution is 4.90. The lowest BCUT2D eigenvalue weighted by Crippen LogP contribution is -1.81. The average Bonchev–Trinajstić information content (AvgIpc) is 2.26. The van der Waals surface area contributed by atoms with Crippen LogP contribution in [0.5, 0.6) is 0 Å². The Morgan fingerprint density at radius 1 is 0.800 bits per heavy atom. The summed E-state index contributed by atoms with van der Waals surface area (Å²) in [5.74, 6) is 3.03. The highest BCUT2D eigenvalue weighted by Gasteiger charge is 1.90. The Bertz CT molecular complexity index is 164. The minimum absolute atomic E-state index is 0.699. The van der Waals surface area contributed by atoms with E-state index in [0.29, 0.717) is 6.61 Å². The third-order valence-electron chi connectivity index (χ3n) is 2.44. The summed E-state index contributed by atoms with van der Waals surface area (Å²) in [4.78, 5) is 0. The second-order valence-corrected chi connectivity index (χ2v) is 3.94. The lowest BCUT2D eigenvalue weighted by molar-refractivity contribution is 0.298. The van der Waals surface area contributed by atoms with Crippen LogP contribution in [-0.4, -0.2) is 6.61 Å². The maximum Gasteiger partial charge on any atom is 0.110 e. The van der Waals surface area contributed by atoms with Crippen LogP contribution in [0.4, 0.5) is 0 Å². The number of rotatable bonds is 9. The zero-order chi connectivity index (χ0) is 11.2. The molecule has 1 nitrogen and oxygen atoms in total. The molecule has 0 saturated carbocycles. The molecule has 0 saturated heterocycles. The summed E-state index contributed by atoms with van der Waals surface area (Å²) in [5, 5.41) is 0. The van der Waals surface area contributed by atoms with Crippen molar-refractivity contribution in [1.82, 2.24) is 0 Å². The van der Waals surface area contributed by atoms with Crippen molar-refractivity contribution >= 4 is 0 Å². The van der Waals surface area contributed by atoms with E-state index in [1.165, 1.54) is 51.4 Å². The van der Waals surface area contributed by atoms with Crippen molar-refractivity contribution in [2.45, 2.75) is 71.6 Å². The predicted octanol–water partition coefficient (Wildman–Crippen LogP) is 4.51. The van der Waals surface area contributed by atoms with Crippen LogP contribution in [0.3, 0.4) is 0 Å². The summed E-state index contributed by atoms with van der Waals surface area (Å²) in [6.07, 6.45) is 14.6. The molecular formula is C14H26O. The summed E-state index contributed by atoms with van der Waals surface area (Å²) in [7, 11) is 0. The first-order chi connectivity index (χ1) is 7.41. The van der Waals surface area contributed by atoms with Gasteiger partial charge in [-0.2, -0.15) is 0 Å². The van der Waals surface area contributed by atoms with E-state index in [1.807, 2.05) is 6.92 Å². The first-order valence-electron chi connectivity index (χ1n) is 6.51. The molecule has 0 N–H and O–H groups in total. The molecule has 15 heavy (non-hydrogen) atoms. The molecule has 0 spiro atoms. The van der Waals surface area contributed by atoms with E-state index in [2.05, 4.69) is 19.0 Å². The van der Waals surface area contributed by atoms with Gasteiger partial charge in [-0.15, -0.1) is 0 Å². The fourth-order valence-corrected chi connectivity index (χ4v) is 1.52. The highest BCUT2D eigenvalue weighted by Crippen LogP contribution is 2.08. The minimum Gasteiger partial charge on any atom is -0.447 e. The lowest BCUT2D eigenvalue weighted by Gasteiger charge is -1.99. The topological polar surface area (TPSA) is 9.23 Å². The molecule has 88 valence electrons. The average molecular weight is 210 g/mol. The van der Waals surface area contributed by atoms with Crippen LogP contribution in [0.25, 0.3) is 0 Å². The Labute approximate surface area is 95.6 Å². The van der Waals surface area contributed by atoms with E-state index < -0.39 is 0 Å². The molecule has 0 aromatic rings. The molecule has 0 aliphatic rings. The van der Waals surface area contributed by atoms with Gasteiger partial charge in [0.1, 0.15) is 6.11 Å². The number of hydrogen-bond donors (Lipinski definition) is 0. The van der Waals surface area contributed by atoms with E-state index >= 15 is 0 Å². The zero-order valence-electron chi connectivity index (χ0n) is 10.5. The normalized spacial score (nSPS) is 9.47. The van der Waals surface area contributed by atoms with Crippen molar-refractivity contribution in [2.75, 3.05) is 6.61 Å². The Morgan fingerprint density at radius 3 is 2.00 bits per heavy atom. The summed E-state index contributed by atoms with van der Waals surface area (Å²) >= 11 is 0. The van der Waals surface area contributed by atoms with Gasteiger partial charge in [0.25, 0.3) is 0 Å². The molecule has 0 aliphatic heterocycles. The van der Waals surface area contributed by atoms with E-state index in [1.54, 1.807) is 0 Å². The molecule has 0 amide bonds. The fourth-order valence-electron chi connectivity index (χ4n) is 1.52.